The van der Waals surface area contributed by atoms with E-state index in [1.54, 1.807) is 29.3 Å². The van der Waals surface area contributed by atoms with Crippen molar-refractivity contribution in [3.05, 3.63) is 76.0 Å². The fourth-order valence-corrected chi connectivity index (χ4v) is 4.10. The maximum absolute atomic E-state index is 12.7. The number of nitrogens with one attached hydrogen (secondary N) is 3. The molecule has 0 atom stereocenters. The predicted octanol–water partition coefficient (Wildman–Crippen LogP) is 4.30. The van der Waals surface area contributed by atoms with Crippen LogP contribution in [0.15, 0.2) is 53.8 Å². The Kier molecular flexibility index (Phi) is 6.32. The lowest BCUT2D eigenvalue weighted by Gasteiger charge is -2.15. The van der Waals surface area contributed by atoms with Crippen LogP contribution in [0.5, 0.6) is 0 Å². The summed E-state index contributed by atoms with van der Waals surface area (Å²) in [5.74, 6) is 0.668. The molecule has 160 valence electrons. The van der Waals surface area contributed by atoms with Crippen LogP contribution in [0, 0.1) is 13.8 Å². The summed E-state index contributed by atoms with van der Waals surface area (Å²) < 4.78 is 5.40. The predicted molar refractivity (Wildman–Crippen MR) is 125 cm³/mol. The average Bonchev–Trinajstić information content (AvgIpc) is 3.17. The zero-order chi connectivity index (χ0) is 21.8. The van der Waals surface area contributed by atoms with E-state index in [-0.39, 0.29) is 11.8 Å². The molecule has 0 fully saturated rings. The second kappa shape index (κ2) is 9.31. The van der Waals surface area contributed by atoms with Crippen molar-refractivity contribution < 1.29 is 14.3 Å². The number of H-pyrrole nitrogens is 1. The highest BCUT2D eigenvalue weighted by Crippen LogP contribution is 2.22. The maximum Gasteiger partial charge on any atom is 0.291 e. The molecule has 0 radical (unpaired) electrons. The second-order valence-corrected chi connectivity index (χ2v) is 8.53. The Morgan fingerprint density at radius 1 is 1.13 bits per heavy atom. The number of carbonyl (C=O) groups excluding carboxylic acids is 2. The molecule has 2 aromatic carbocycles. The van der Waals surface area contributed by atoms with Crippen molar-refractivity contribution in [3.63, 3.8) is 0 Å². The van der Waals surface area contributed by atoms with E-state index in [9.17, 15) is 9.59 Å². The van der Waals surface area contributed by atoms with Crippen LogP contribution in [-0.4, -0.2) is 35.7 Å². The summed E-state index contributed by atoms with van der Waals surface area (Å²) in [5, 5.41) is 8.73. The monoisotopic (exact) mass is 435 g/mol. The number of aromatic nitrogens is 1. The van der Waals surface area contributed by atoms with Gasteiger partial charge < -0.3 is 20.4 Å². The number of ether oxygens (including phenoxy) is 1. The van der Waals surface area contributed by atoms with E-state index < -0.39 is 0 Å². The molecule has 2 heterocycles. The highest BCUT2D eigenvalue weighted by atomic mass is 32.2. The minimum Gasteiger partial charge on any atom is -0.487 e. The van der Waals surface area contributed by atoms with Crippen molar-refractivity contribution in [2.45, 2.75) is 20.3 Å². The van der Waals surface area contributed by atoms with Gasteiger partial charge in [0.2, 0.25) is 0 Å². The summed E-state index contributed by atoms with van der Waals surface area (Å²) in [6.07, 6.45) is 2.73. The first-order valence-electron chi connectivity index (χ1n) is 10.2. The highest BCUT2D eigenvalue weighted by Gasteiger charge is 2.16. The first-order chi connectivity index (χ1) is 15.0. The van der Waals surface area contributed by atoms with E-state index in [1.165, 1.54) is 16.5 Å². The number of benzene rings is 2. The van der Waals surface area contributed by atoms with Gasteiger partial charge >= 0.3 is 0 Å². The normalized spacial score (nSPS) is 13.4. The summed E-state index contributed by atoms with van der Waals surface area (Å²) >= 11 is 1.55. The highest BCUT2D eigenvalue weighted by molar-refractivity contribution is 8.02. The molecule has 31 heavy (non-hydrogen) atoms. The minimum atomic E-state index is -0.303. The molecule has 1 aromatic heterocycles. The third kappa shape index (κ3) is 4.94. The SMILES string of the molecule is Cc1ccc2[nH]cc(CCNC(=O)c3ccc(C)c(NC(=O)C4=CSCCO4)c3)c2c1. The van der Waals surface area contributed by atoms with Crippen LogP contribution in [0.25, 0.3) is 10.9 Å². The van der Waals surface area contributed by atoms with E-state index >= 15 is 0 Å². The molecular weight excluding hydrogens is 410 g/mol. The number of hydrogen-bond acceptors (Lipinski definition) is 4. The first-order valence-corrected chi connectivity index (χ1v) is 11.3. The maximum atomic E-state index is 12.7. The molecule has 3 aromatic rings. The molecule has 6 nitrogen and oxygen atoms in total. The molecule has 0 spiro atoms. The van der Waals surface area contributed by atoms with Crippen LogP contribution in [-0.2, 0) is 16.0 Å². The van der Waals surface area contributed by atoms with Crippen LogP contribution in [0.2, 0.25) is 0 Å². The molecule has 0 aliphatic carbocycles. The largest absolute Gasteiger partial charge is 0.487 e. The molecule has 0 bridgehead atoms. The first kappa shape index (κ1) is 21.1. The van der Waals surface area contributed by atoms with Crippen molar-refractivity contribution in [2.24, 2.45) is 0 Å². The van der Waals surface area contributed by atoms with Crippen molar-refractivity contribution >= 4 is 40.2 Å². The number of hydrogen-bond donors (Lipinski definition) is 3. The van der Waals surface area contributed by atoms with Gasteiger partial charge in [0, 0.05) is 46.1 Å². The number of aryl methyl sites for hydroxylation is 2. The molecule has 1 aliphatic heterocycles. The molecule has 7 heteroatoms. The third-order valence-corrected chi connectivity index (χ3v) is 6.01. The van der Waals surface area contributed by atoms with Crippen molar-refractivity contribution in [1.82, 2.24) is 10.3 Å². The summed E-state index contributed by atoms with van der Waals surface area (Å²) in [6.45, 7) is 5.00. The number of anilines is 1. The van der Waals surface area contributed by atoms with Gasteiger partial charge in [0.25, 0.3) is 11.8 Å². The topological polar surface area (TPSA) is 83.2 Å². The molecule has 0 saturated carbocycles. The van der Waals surface area contributed by atoms with Gasteiger partial charge in [0.05, 0.1) is 6.61 Å². The molecule has 1 aliphatic rings. The van der Waals surface area contributed by atoms with Crippen LogP contribution >= 0.6 is 11.8 Å². The lowest BCUT2D eigenvalue weighted by Crippen LogP contribution is -2.26. The Morgan fingerprint density at radius 2 is 2.00 bits per heavy atom. The van der Waals surface area contributed by atoms with E-state index in [0.717, 1.165) is 23.3 Å². The smallest absolute Gasteiger partial charge is 0.291 e. The zero-order valence-electron chi connectivity index (χ0n) is 17.6. The fourth-order valence-electron chi connectivity index (χ4n) is 3.48. The summed E-state index contributed by atoms with van der Waals surface area (Å²) in [7, 11) is 0. The Labute approximate surface area is 185 Å². The van der Waals surface area contributed by atoms with Gasteiger partial charge in [-0.05, 0) is 55.7 Å². The van der Waals surface area contributed by atoms with Crippen molar-refractivity contribution in [1.29, 1.82) is 0 Å². The van der Waals surface area contributed by atoms with Crippen molar-refractivity contribution in [3.8, 4) is 0 Å². The molecule has 0 saturated heterocycles. The number of aromatic amines is 1. The van der Waals surface area contributed by atoms with E-state index in [1.807, 2.05) is 19.2 Å². The number of fused-ring (bicyclic) bond motifs is 1. The van der Waals surface area contributed by atoms with Gasteiger partial charge in [0.1, 0.15) is 0 Å². The fraction of sp³-hybridized carbons (Fsp3) is 0.250. The molecular formula is C24H25N3O3S. The van der Waals surface area contributed by atoms with Crippen LogP contribution in [0.3, 0.4) is 0 Å². The number of thioether (sulfide) groups is 1. The lowest BCUT2D eigenvalue weighted by atomic mass is 10.1. The zero-order valence-corrected chi connectivity index (χ0v) is 18.4. The average molecular weight is 436 g/mol. The number of carbonyl (C=O) groups is 2. The summed E-state index contributed by atoms with van der Waals surface area (Å²) in [4.78, 5) is 28.4. The number of amides is 2. The van der Waals surface area contributed by atoms with Gasteiger partial charge in [-0.3, -0.25) is 9.59 Å². The van der Waals surface area contributed by atoms with E-state index in [0.29, 0.717) is 30.2 Å². The quantitative estimate of drug-likeness (QED) is 0.539. The van der Waals surface area contributed by atoms with Crippen LogP contribution < -0.4 is 10.6 Å². The standard InChI is InChI=1S/C24H25N3O3S/c1-15-3-6-20-19(11-15)18(13-26-20)7-8-25-23(28)17-5-4-16(2)21(12-17)27-24(29)22-14-31-10-9-30-22/h3-6,11-14,26H,7-10H2,1-2H3,(H,25,28)(H,27,29). The van der Waals surface area contributed by atoms with Gasteiger partial charge in [-0.15, -0.1) is 11.8 Å². The molecule has 0 unspecified atom stereocenters. The van der Waals surface area contributed by atoms with Gasteiger partial charge in [0.15, 0.2) is 5.76 Å². The van der Waals surface area contributed by atoms with Gasteiger partial charge in [-0.25, -0.2) is 0 Å². The molecule has 3 N–H and O–H groups in total. The Balaban J connectivity index is 1.39. The Hall–Kier alpha value is -3.19. The van der Waals surface area contributed by atoms with E-state index in [2.05, 4.69) is 40.7 Å². The summed E-state index contributed by atoms with van der Waals surface area (Å²) in [5.41, 5.74) is 5.46. The lowest BCUT2D eigenvalue weighted by molar-refractivity contribution is -0.116. The Morgan fingerprint density at radius 3 is 2.81 bits per heavy atom. The molecule has 2 amide bonds. The van der Waals surface area contributed by atoms with E-state index in [4.69, 9.17) is 4.74 Å². The Bertz CT molecular complexity index is 1170. The van der Waals surface area contributed by atoms with Gasteiger partial charge in [-0.1, -0.05) is 17.7 Å². The number of rotatable bonds is 6. The summed E-state index contributed by atoms with van der Waals surface area (Å²) in [6, 6.07) is 11.6. The van der Waals surface area contributed by atoms with Crippen LogP contribution in [0.1, 0.15) is 27.0 Å². The van der Waals surface area contributed by atoms with Gasteiger partial charge in [-0.2, -0.15) is 0 Å². The van der Waals surface area contributed by atoms with Crippen LogP contribution in [0.4, 0.5) is 5.69 Å². The second-order valence-electron chi connectivity index (χ2n) is 7.55. The minimum absolute atomic E-state index is 0.171. The van der Waals surface area contributed by atoms with Crippen molar-refractivity contribution in [2.75, 3.05) is 24.2 Å². The third-order valence-electron chi connectivity index (χ3n) is 5.22. The molecule has 4 rings (SSSR count).